The Hall–Kier alpha value is -2.54. The number of anilines is 1. The number of rotatable bonds is 3. The van der Waals surface area contributed by atoms with E-state index in [4.69, 9.17) is 15.7 Å². The SMILES string of the molecule is Cc1c(N)cccc1OCc1cc(F)ccc1C#N. The number of ether oxygens (including phenoxy) is 1. The van der Waals surface area contributed by atoms with Gasteiger partial charge in [-0.15, -0.1) is 0 Å². The standard InChI is InChI=1S/C15H13FN2O/c1-10-14(18)3-2-4-15(10)19-9-12-7-13(16)6-5-11(12)8-17/h2-7H,9,18H2,1H3. The molecule has 2 rings (SSSR count). The summed E-state index contributed by atoms with van der Waals surface area (Å²) in [5.74, 6) is 0.245. The molecule has 0 heterocycles. The maximum absolute atomic E-state index is 13.2. The summed E-state index contributed by atoms with van der Waals surface area (Å²) in [6, 6.07) is 11.4. The highest BCUT2D eigenvalue weighted by molar-refractivity contribution is 5.53. The number of nitrogens with zero attached hydrogens (tertiary/aromatic N) is 1. The third-order valence-corrected chi connectivity index (χ3v) is 2.90. The van der Waals surface area contributed by atoms with Gasteiger partial charge in [-0.1, -0.05) is 6.07 Å². The second kappa shape index (κ2) is 5.40. The van der Waals surface area contributed by atoms with Crippen molar-refractivity contribution in [2.45, 2.75) is 13.5 Å². The fourth-order valence-corrected chi connectivity index (χ4v) is 1.73. The lowest BCUT2D eigenvalue weighted by Crippen LogP contribution is -2.01. The average Bonchev–Trinajstić information content (AvgIpc) is 2.40. The van der Waals surface area contributed by atoms with E-state index in [0.717, 1.165) is 5.56 Å². The van der Waals surface area contributed by atoms with E-state index < -0.39 is 0 Å². The molecule has 0 aliphatic carbocycles. The van der Waals surface area contributed by atoms with Gasteiger partial charge < -0.3 is 10.5 Å². The van der Waals surface area contributed by atoms with E-state index in [0.29, 0.717) is 22.6 Å². The molecule has 0 aliphatic heterocycles. The van der Waals surface area contributed by atoms with Crippen LogP contribution in [0.15, 0.2) is 36.4 Å². The molecule has 0 fully saturated rings. The molecule has 0 aromatic heterocycles. The highest BCUT2D eigenvalue weighted by atomic mass is 19.1. The summed E-state index contributed by atoms with van der Waals surface area (Å²) in [5, 5.41) is 8.96. The molecule has 0 saturated heterocycles. The Labute approximate surface area is 111 Å². The molecular formula is C15H13FN2O. The molecule has 0 spiro atoms. The molecule has 0 atom stereocenters. The number of halogens is 1. The van der Waals surface area contributed by atoms with Gasteiger partial charge in [-0.25, -0.2) is 4.39 Å². The van der Waals surface area contributed by atoms with E-state index >= 15 is 0 Å². The molecule has 0 unspecified atom stereocenters. The number of hydrogen-bond acceptors (Lipinski definition) is 3. The predicted molar refractivity (Wildman–Crippen MR) is 71.0 cm³/mol. The molecule has 2 N–H and O–H groups in total. The number of hydrogen-bond donors (Lipinski definition) is 1. The first-order valence-electron chi connectivity index (χ1n) is 5.78. The van der Waals surface area contributed by atoms with Crippen molar-refractivity contribution < 1.29 is 9.13 Å². The van der Waals surface area contributed by atoms with Crippen LogP contribution in [0.5, 0.6) is 5.75 Å². The minimum absolute atomic E-state index is 0.130. The van der Waals surface area contributed by atoms with Gasteiger partial charge in [-0.3, -0.25) is 0 Å². The van der Waals surface area contributed by atoms with Crippen molar-refractivity contribution in [2.24, 2.45) is 0 Å². The minimum atomic E-state index is -0.387. The summed E-state index contributed by atoms with van der Waals surface area (Å²) < 4.78 is 18.8. The highest BCUT2D eigenvalue weighted by Gasteiger charge is 2.07. The third-order valence-electron chi connectivity index (χ3n) is 2.90. The molecule has 0 aliphatic rings. The van der Waals surface area contributed by atoms with E-state index in [-0.39, 0.29) is 12.4 Å². The molecule has 0 saturated carbocycles. The second-order valence-electron chi connectivity index (χ2n) is 4.17. The largest absolute Gasteiger partial charge is 0.489 e. The Balaban J connectivity index is 2.21. The summed E-state index contributed by atoms with van der Waals surface area (Å²) in [6.07, 6.45) is 0. The maximum atomic E-state index is 13.2. The topological polar surface area (TPSA) is 59.0 Å². The van der Waals surface area contributed by atoms with Crippen LogP contribution in [0.1, 0.15) is 16.7 Å². The summed E-state index contributed by atoms with van der Waals surface area (Å²) in [5.41, 5.74) is 8.17. The zero-order chi connectivity index (χ0) is 13.8. The molecule has 2 aromatic carbocycles. The number of benzene rings is 2. The van der Waals surface area contributed by atoms with Gasteiger partial charge in [0.05, 0.1) is 11.6 Å². The average molecular weight is 256 g/mol. The summed E-state index contributed by atoms with van der Waals surface area (Å²) in [4.78, 5) is 0. The zero-order valence-electron chi connectivity index (χ0n) is 10.5. The zero-order valence-corrected chi connectivity index (χ0v) is 10.5. The molecule has 2 aromatic rings. The van der Waals surface area contributed by atoms with Gasteiger partial charge >= 0.3 is 0 Å². The molecule has 96 valence electrons. The Morgan fingerprint density at radius 2 is 2.11 bits per heavy atom. The van der Waals surface area contributed by atoms with Gasteiger partial charge in [0.25, 0.3) is 0 Å². The second-order valence-corrected chi connectivity index (χ2v) is 4.17. The van der Waals surface area contributed by atoms with Gasteiger partial charge in [0.1, 0.15) is 18.2 Å². The van der Waals surface area contributed by atoms with Gasteiger partial charge in [0, 0.05) is 16.8 Å². The Morgan fingerprint density at radius 1 is 1.32 bits per heavy atom. The monoisotopic (exact) mass is 256 g/mol. The van der Waals surface area contributed by atoms with Gasteiger partial charge in [-0.2, -0.15) is 5.26 Å². The molecule has 19 heavy (non-hydrogen) atoms. The van der Waals surface area contributed by atoms with Crippen molar-refractivity contribution in [1.82, 2.24) is 0 Å². The third kappa shape index (κ3) is 2.83. The van der Waals surface area contributed by atoms with Crippen molar-refractivity contribution in [2.75, 3.05) is 5.73 Å². The van der Waals surface area contributed by atoms with Crippen LogP contribution in [-0.2, 0) is 6.61 Å². The first-order valence-corrected chi connectivity index (χ1v) is 5.78. The van der Waals surface area contributed by atoms with Gasteiger partial charge in [0.2, 0.25) is 0 Å². The fourth-order valence-electron chi connectivity index (χ4n) is 1.73. The van der Waals surface area contributed by atoms with Crippen LogP contribution in [0, 0.1) is 24.1 Å². The van der Waals surface area contributed by atoms with Gasteiger partial charge in [-0.05, 0) is 37.3 Å². The summed E-state index contributed by atoms with van der Waals surface area (Å²) >= 11 is 0. The van der Waals surface area contributed by atoms with E-state index in [1.165, 1.54) is 18.2 Å². The van der Waals surface area contributed by atoms with Gasteiger partial charge in [0.15, 0.2) is 0 Å². The quantitative estimate of drug-likeness (QED) is 0.858. The van der Waals surface area contributed by atoms with E-state index in [9.17, 15) is 4.39 Å². The lowest BCUT2D eigenvalue weighted by Gasteiger charge is -2.11. The number of nitriles is 1. The van der Waals surface area contributed by atoms with E-state index in [2.05, 4.69) is 0 Å². The van der Waals surface area contributed by atoms with E-state index in [1.54, 1.807) is 18.2 Å². The molecule has 0 bridgehead atoms. The van der Waals surface area contributed by atoms with Crippen LogP contribution in [0.2, 0.25) is 0 Å². The van der Waals surface area contributed by atoms with Crippen LogP contribution in [0.3, 0.4) is 0 Å². The molecule has 3 nitrogen and oxygen atoms in total. The van der Waals surface area contributed by atoms with Crippen molar-refractivity contribution in [3.8, 4) is 11.8 Å². The normalized spacial score (nSPS) is 9.95. The first kappa shape index (κ1) is 12.9. The van der Waals surface area contributed by atoms with Crippen LogP contribution in [-0.4, -0.2) is 0 Å². The Morgan fingerprint density at radius 3 is 2.84 bits per heavy atom. The molecule has 0 radical (unpaired) electrons. The van der Waals surface area contributed by atoms with Crippen LogP contribution in [0.4, 0.5) is 10.1 Å². The van der Waals surface area contributed by atoms with Crippen molar-refractivity contribution >= 4 is 5.69 Å². The minimum Gasteiger partial charge on any atom is -0.489 e. The molecular weight excluding hydrogens is 243 g/mol. The summed E-state index contributed by atoms with van der Waals surface area (Å²) in [6.45, 7) is 1.98. The molecule has 4 heteroatoms. The van der Waals surface area contributed by atoms with Crippen LogP contribution >= 0.6 is 0 Å². The predicted octanol–water partition coefficient (Wildman–Crippen LogP) is 3.17. The first-order chi connectivity index (χ1) is 9.11. The highest BCUT2D eigenvalue weighted by Crippen LogP contribution is 2.24. The maximum Gasteiger partial charge on any atom is 0.124 e. The fraction of sp³-hybridized carbons (Fsp3) is 0.133. The smallest absolute Gasteiger partial charge is 0.124 e. The van der Waals surface area contributed by atoms with E-state index in [1.807, 2.05) is 13.0 Å². The number of nitrogen functional groups attached to an aromatic ring is 1. The Kier molecular flexibility index (Phi) is 3.67. The van der Waals surface area contributed by atoms with Crippen LogP contribution in [0.25, 0.3) is 0 Å². The lowest BCUT2D eigenvalue weighted by atomic mass is 10.1. The van der Waals surface area contributed by atoms with Crippen molar-refractivity contribution in [3.05, 3.63) is 58.9 Å². The lowest BCUT2D eigenvalue weighted by molar-refractivity contribution is 0.303. The number of nitrogens with two attached hydrogens (primary N) is 1. The van der Waals surface area contributed by atoms with Crippen LogP contribution < -0.4 is 10.5 Å². The molecule has 0 amide bonds. The Bertz CT molecular complexity index is 647. The van der Waals surface area contributed by atoms with Crippen molar-refractivity contribution in [1.29, 1.82) is 5.26 Å². The van der Waals surface area contributed by atoms with Crippen molar-refractivity contribution in [3.63, 3.8) is 0 Å². The summed E-state index contributed by atoms with van der Waals surface area (Å²) in [7, 11) is 0.